The Morgan fingerprint density at radius 3 is 2.86 bits per heavy atom. The molecule has 22 heavy (non-hydrogen) atoms. The quantitative estimate of drug-likeness (QED) is 0.786. The van der Waals surface area contributed by atoms with Gasteiger partial charge in [-0.2, -0.15) is 5.10 Å². The topological polar surface area (TPSA) is 59.8 Å². The van der Waals surface area contributed by atoms with Crippen molar-refractivity contribution < 1.29 is 4.79 Å². The first-order valence-electron chi connectivity index (χ1n) is 7.30. The van der Waals surface area contributed by atoms with E-state index in [4.69, 9.17) is 0 Å². The van der Waals surface area contributed by atoms with Gasteiger partial charge in [0.2, 0.25) is 5.91 Å². The van der Waals surface area contributed by atoms with Crippen molar-refractivity contribution in [2.24, 2.45) is 0 Å². The molecular formula is C17H18N4O. The number of nitrogens with one attached hydrogen (secondary N) is 1. The Balaban J connectivity index is 1.56. The summed E-state index contributed by atoms with van der Waals surface area (Å²) in [6.45, 7) is 3.17. The Bertz CT molecular complexity index is 780. The minimum atomic E-state index is 0.0209. The number of fused-ring (bicyclic) bond motifs is 1. The lowest BCUT2D eigenvalue weighted by Gasteiger charge is -2.06. The van der Waals surface area contributed by atoms with Gasteiger partial charge < -0.3 is 5.32 Å². The molecule has 0 bridgehead atoms. The fraction of sp³-hybridized carbons (Fsp3) is 0.235. The van der Waals surface area contributed by atoms with E-state index in [9.17, 15) is 4.79 Å². The van der Waals surface area contributed by atoms with Crippen LogP contribution in [0.2, 0.25) is 0 Å². The molecule has 1 amide bonds. The maximum Gasteiger partial charge on any atom is 0.222 e. The van der Waals surface area contributed by atoms with Crippen LogP contribution in [0.1, 0.15) is 17.5 Å². The third-order valence-electron chi connectivity index (χ3n) is 3.59. The number of hydrogen-bond donors (Lipinski definition) is 1. The number of nitrogens with zero attached hydrogens (tertiary/aromatic N) is 3. The monoisotopic (exact) mass is 294 g/mol. The van der Waals surface area contributed by atoms with Gasteiger partial charge in [0.05, 0.1) is 18.3 Å². The zero-order chi connectivity index (χ0) is 15.4. The summed E-state index contributed by atoms with van der Waals surface area (Å²) in [5, 5.41) is 8.37. The van der Waals surface area contributed by atoms with Crippen molar-refractivity contribution >= 4 is 16.8 Å². The molecule has 112 valence electrons. The lowest BCUT2D eigenvalue weighted by atomic mass is 10.2. The molecule has 1 N–H and O–H groups in total. The van der Waals surface area contributed by atoms with E-state index in [1.807, 2.05) is 29.1 Å². The smallest absolute Gasteiger partial charge is 0.222 e. The Hall–Kier alpha value is -2.69. The third kappa shape index (κ3) is 3.31. The van der Waals surface area contributed by atoms with Gasteiger partial charge in [0.25, 0.3) is 0 Å². The average Bonchev–Trinajstić information content (AvgIpc) is 2.94. The fourth-order valence-electron chi connectivity index (χ4n) is 2.38. The molecule has 0 saturated carbocycles. The van der Waals surface area contributed by atoms with Gasteiger partial charge in [0.1, 0.15) is 0 Å². The number of benzene rings is 1. The summed E-state index contributed by atoms with van der Waals surface area (Å²) in [6, 6.07) is 9.99. The SMILES string of the molecule is Cc1ccc2c(cnn2CCC(=O)NCc2ccncc2)c1. The molecule has 5 nitrogen and oxygen atoms in total. The number of rotatable bonds is 5. The van der Waals surface area contributed by atoms with E-state index in [1.165, 1.54) is 5.56 Å². The molecule has 0 spiro atoms. The van der Waals surface area contributed by atoms with E-state index in [1.54, 1.807) is 12.4 Å². The van der Waals surface area contributed by atoms with Gasteiger partial charge in [0, 0.05) is 30.7 Å². The van der Waals surface area contributed by atoms with Crippen LogP contribution in [0.25, 0.3) is 10.9 Å². The zero-order valence-corrected chi connectivity index (χ0v) is 12.5. The summed E-state index contributed by atoms with van der Waals surface area (Å²) >= 11 is 0. The van der Waals surface area contributed by atoms with E-state index in [2.05, 4.69) is 34.5 Å². The first-order valence-corrected chi connectivity index (χ1v) is 7.30. The molecule has 0 aliphatic heterocycles. The van der Waals surface area contributed by atoms with Gasteiger partial charge in [-0.25, -0.2) is 0 Å². The van der Waals surface area contributed by atoms with Crippen LogP contribution in [0.4, 0.5) is 0 Å². The highest BCUT2D eigenvalue weighted by Crippen LogP contribution is 2.15. The standard InChI is InChI=1S/C17H18N4O/c1-13-2-3-16-15(10-13)12-20-21(16)9-6-17(22)19-11-14-4-7-18-8-5-14/h2-5,7-8,10,12H,6,9,11H2,1H3,(H,19,22). The molecular weight excluding hydrogens is 276 g/mol. The van der Waals surface area contributed by atoms with Crippen molar-refractivity contribution in [2.45, 2.75) is 26.4 Å². The number of amides is 1. The van der Waals surface area contributed by atoms with E-state index >= 15 is 0 Å². The highest BCUT2D eigenvalue weighted by Gasteiger charge is 2.06. The van der Waals surface area contributed by atoms with E-state index < -0.39 is 0 Å². The minimum Gasteiger partial charge on any atom is -0.352 e. The molecule has 0 fully saturated rings. The van der Waals surface area contributed by atoms with Gasteiger partial charge >= 0.3 is 0 Å². The van der Waals surface area contributed by atoms with Crippen LogP contribution in [-0.4, -0.2) is 20.7 Å². The van der Waals surface area contributed by atoms with Gasteiger partial charge in [-0.3, -0.25) is 14.5 Å². The average molecular weight is 294 g/mol. The molecule has 0 saturated heterocycles. The van der Waals surface area contributed by atoms with Crippen LogP contribution < -0.4 is 5.32 Å². The second kappa shape index (κ2) is 6.39. The van der Waals surface area contributed by atoms with Crippen LogP contribution in [0.3, 0.4) is 0 Å². The molecule has 1 aromatic carbocycles. The van der Waals surface area contributed by atoms with Gasteiger partial charge in [0.15, 0.2) is 0 Å². The highest BCUT2D eigenvalue weighted by atomic mass is 16.1. The molecule has 3 aromatic rings. The summed E-state index contributed by atoms with van der Waals surface area (Å²) in [5.41, 5.74) is 3.32. The first-order chi connectivity index (χ1) is 10.7. The maximum absolute atomic E-state index is 11.9. The summed E-state index contributed by atoms with van der Waals surface area (Å²) in [5.74, 6) is 0.0209. The molecule has 0 aliphatic carbocycles. The predicted octanol–water partition coefficient (Wildman–Crippen LogP) is 2.45. The van der Waals surface area contributed by atoms with E-state index in [0.717, 1.165) is 16.5 Å². The molecule has 0 radical (unpaired) electrons. The van der Waals surface area contributed by atoms with E-state index in [0.29, 0.717) is 19.5 Å². The Kier molecular flexibility index (Phi) is 4.14. The van der Waals surface area contributed by atoms with Crippen LogP contribution in [0.5, 0.6) is 0 Å². The Morgan fingerprint density at radius 1 is 1.23 bits per heavy atom. The molecule has 0 unspecified atom stereocenters. The van der Waals surface area contributed by atoms with E-state index in [-0.39, 0.29) is 5.91 Å². The van der Waals surface area contributed by atoms with Gasteiger partial charge in [-0.15, -0.1) is 0 Å². The van der Waals surface area contributed by atoms with Crippen molar-refractivity contribution in [1.29, 1.82) is 0 Å². The lowest BCUT2D eigenvalue weighted by Crippen LogP contribution is -2.24. The Morgan fingerprint density at radius 2 is 2.05 bits per heavy atom. The van der Waals surface area contributed by atoms with Crippen LogP contribution in [0.15, 0.2) is 48.9 Å². The second-order valence-electron chi connectivity index (χ2n) is 5.31. The first kappa shape index (κ1) is 14.3. The maximum atomic E-state index is 11.9. The van der Waals surface area contributed by atoms with Crippen molar-refractivity contribution in [3.8, 4) is 0 Å². The summed E-state index contributed by atoms with van der Waals surface area (Å²) < 4.78 is 1.88. The van der Waals surface area contributed by atoms with Crippen molar-refractivity contribution in [3.05, 3.63) is 60.0 Å². The molecule has 3 rings (SSSR count). The molecule has 0 aliphatic rings. The second-order valence-corrected chi connectivity index (χ2v) is 5.31. The summed E-state index contributed by atoms with van der Waals surface area (Å²) in [7, 11) is 0. The lowest BCUT2D eigenvalue weighted by molar-refractivity contribution is -0.121. The fourth-order valence-corrected chi connectivity index (χ4v) is 2.38. The molecule has 5 heteroatoms. The van der Waals surface area contributed by atoms with Crippen LogP contribution >= 0.6 is 0 Å². The number of aryl methyl sites for hydroxylation is 2. The molecule has 2 heterocycles. The predicted molar refractivity (Wildman–Crippen MR) is 85.2 cm³/mol. The third-order valence-corrected chi connectivity index (χ3v) is 3.59. The normalized spacial score (nSPS) is 10.8. The number of hydrogen-bond acceptors (Lipinski definition) is 3. The minimum absolute atomic E-state index is 0.0209. The van der Waals surface area contributed by atoms with Crippen molar-refractivity contribution in [2.75, 3.05) is 0 Å². The summed E-state index contributed by atoms with van der Waals surface area (Å²) in [4.78, 5) is 15.9. The largest absolute Gasteiger partial charge is 0.352 e. The van der Waals surface area contributed by atoms with Crippen LogP contribution in [0, 0.1) is 6.92 Å². The van der Waals surface area contributed by atoms with Gasteiger partial charge in [-0.05, 0) is 36.8 Å². The molecule has 0 atom stereocenters. The van der Waals surface area contributed by atoms with Crippen molar-refractivity contribution in [1.82, 2.24) is 20.1 Å². The summed E-state index contributed by atoms with van der Waals surface area (Å²) in [6.07, 6.45) is 5.70. The highest BCUT2D eigenvalue weighted by molar-refractivity contribution is 5.80. The number of aromatic nitrogens is 3. The number of pyridine rings is 1. The molecule has 2 aromatic heterocycles. The number of carbonyl (C=O) groups excluding carboxylic acids is 1. The Labute approximate surface area is 129 Å². The van der Waals surface area contributed by atoms with Gasteiger partial charge in [-0.1, -0.05) is 11.6 Å². The van der Waals surface area contributed by atoms with Crippen molar-refractivity contribution in [3.63, 3.8) is 0 Å². The van der Waals surface area contributed by atoms with Crippen LogP contribution in [-0.2, 0) is 17.9 Å². The zero-order valence-electron chi connectivity index (χ0n) is 12.5. The number of carbonyl (C=O) groups is 1.